The highest BCUT2D eigenvalue weighted by Crippen LogP contribution is 2.29. The fourth-order valence-corrected chi connectivity index (χ4v) is 1.76. The molecule has 2 aromatic rings. The zero-order valence-corrected chi connectivity index (χ0v) is 12.3. The standard InChI is InChI=1S/C14H17F3N4O/c1-8(20-6-13(2,3)7-22)9-4-18-12-11(9)21-10(5-19-12)14(15,16)17/h4-5,20,22H,1,6-7H2,2-3H3,(H,18,19). The summed E-state index contributed by atoms with van der Waals surface area (Å²) in [5.74, 6) is 0. The monoisotopic (exact) mass is 314 g/mol. The van der Waals surface area contributed by atoms with Gasteiger partial charge in [0.15, 0.2) is 11.3 Å². The quantitative estimate of drug-likeness (QED) is 0.793. The van der Waals surface area contributed by atoms with Gasteiger partial charge in [0.1, 0.15) is 5.52 Å². The number of aromatic amines is 1. The SMILES string of the molecule is C=C(NCC(C)(C)CO)c1c[nH]c2ncc(C(F)(F)F)nc12. The lowest BCUT2D eigenvalue weighted by atomic mass is 9.95. The molecule has 22 heavy (non-hydrogen) atoms. The van der Waals surface area contributed by atoms with Crippen molar-refractivity contribution in [1.82, 2.24) is 20.3 Å². The molecular formula is C14H17F3N4O. The van der Waals surface area contributed by atoms with Crippen LogP contribution in [-0.2, 0) is 6.18 Å². The summed E-state index contributed by atoms with van der Waals surface area (Å²) in [5, 5.41) is 12.2. The number of H-pyrrole nitrogens is 1. The van der Waals surface area contributed by atoms with Crippen LogP contribution in [0.15, 0.2) is 19.0 Å². The largest absolute Gasteiger partial charge is 0.434 e. The maximum atomic E-state index is 12.7. The Morgan fingerprint density at radius 2 is 2.09 bits per heavy atom. The highest BCUT2D eigenvalue weighted by Gasteiger charge is 2.33. The van der Waals surface area contributed by atoms with E-state index in [4.69, 9.17) is 0 Å². The molecule has 5 nitrogen and oxygen atoms in total. The predicted octanol–water partition coefficient (Wildman–Crippen LogP) is 2.56. The van der Waals surface area contributed by atoms with Crippen molar-refractivity contribution in [3.63, 3.8) is 0 Å². The van der Waals surface area contributed by atoms with E-state index in [1.165, 1.54) is 6.20 Å². The van der Waals surface area contributed by atoms with Gasteiger partial charge in [0, 0.05) is 36.0 Å². The molecule has 0 amide bonds. The van der Waals surface area contributed by atoms with E-state index in [-0.39, 0.29) is 23.2 Å². The first-order chi connectivity index (χ1) is 10.1. The molecule has 2 heterocycles. The van der Waals surface area contributed by atoms with Crippen molar-refractivity contribution in [3.05, 3.63) is 30.2 Å². The summed E-state index contributed by atoms with van der Waals surface area (Å²) in [6.07, 6.45) is -2.36. The number of hydrogen-bond acceptors (Lipinski definition) is 4. The molecule has 0 saturated heterocycles. The molecule has 0 bridgehead atoms. The summed E-state index contributed by atoms with van der Waals surface area (Å²) in [4.78, 5) is 10.1. The Labute approximate surface area is 125 Å². The first kappa shape index (κ1) is 16.3. The summed E-state index contributed by atoms with van der Waals surface area (Å²) >= 11 is 0. The van der Waals surface area contributed by atoms with Crippen LogP contribution in [0.3, 0.4) is 0 Å². The number of nitrogens with one attached hydrogen (secondary N) is 2. The minimum absolute atomic E-state index is 0.0286. The van der Waals surface area contributed by atoms with Gasteiger partial charge in [-0.2, -0.15) is 13.2 Å². The number of nitrogens with zero attached hydrogens (tertiary/aromatic N) is 2. The average molecular weight is 314 g/mol. The van der Waals surface area contributed by atoms with Crippen LogP contribution in [0.1, 0.15) is 25.1 Å². The fraction of sp³-hybridized carbons (Fsp3) is 0.429. The van der Waals surface area contributed by atoms with Crippen molar-refractivity contribution < 1.29 is 18.3 Å². The first-order valence-corrected chi connectivity index (χ1v) is 6.59. The minimum atomic E-state index is -4.55. The Balaban J connectivity index is 2.29. The van der Waals surface area contributed by atoms with Crippen LogP contribution in [0.5, 0.6) is 0 Å². The Morgan fingerprint density at radius 3 is 2.68 bits per heavy atom. The van der Waals surface area contributed by atoms with Crippen LogP contribution < -0.4 is 5.32 Å². The van der Waals surface area contributed by atoms with Gasteiger partial charge in [-0.25, -0.2) is 9.97 Å². The molecule has 3 N–H and O–H groups in total. The van der Waals surface area contributed by atoms with E-state index >= 15 is 0 Å². The first-order valence-electron chi connectivity index (χ1n) is 6.59. The molecule has 0 fully saturated rings. The van der Waals surface area contributed by atoms with Gasteiger partial charge in [-0.05, 0) is 0 Å². The van der Waals surface area contributed by atoms with Crippen LogP contribution in [0, 0.1) is 5.41 Å². The van der Waals surface area contributed by atoms with E-state index in [9.17, 15) is 18.3 Å². The zero-order chi connectivity index (χ0) is 16.5. The van der Waals surface area contributed by atoms with Gasteiger partial charge in [0.05, 0.1) is 6.20 Å². The number of aliphatic hydroxyl groups excluding tert-OH is 1. The Kier molecular flexibility index (Phi) is 4.15. The summed E-state index contributed by atoms with van der Waals surface area (Å²) in [5.41, 5.74) is -0.229. The van der Waals surface area contributed by atoms with Gasteiger partial charge in [-0.3, -0.25) is 0 Å². The Bertz CT molecular complexity index is 691. The van der Waals surface area contributed by atoms with Crippen molar-refractivity contribution in [2.24, 2.45) is 5.41 Å². The maximum absolute atomic E-state index is 12.7. The van der Waals surface area contributed by atoms with Crippen molar-refractivity contribution in [3.8, 4) is 0 Å². The predicted molar refractivity (Wildman–Crippen MR) is 76.8 cm³/mol. The minimum Gasteiger partial charge on any atom is -0.396 e. The molecular weight excluding hydrogens is 297 g/mol. The Morgan fingerprint density at radius 1 is 1.41 bits per heavy atom. The summed E-state index contributed by atoms with van der Waals surface area (Å²) in [7, 11) is 0. The second kappa shape index (κ2) is 5.60. The molecule has 0 aromatic carbocycles. The fourth-order valence-electron chi connectivity index (χ4n) is 1.76. The Hall–Kier alpha value is -2.09. The van der Waals surface area contributed by atoms with Crippen LogP contribution >= 0.6 is 0 Å². The molecule has 0 unspecified atom stereocenters. The van der Waals surface area contributed by atoms with E-state index in [0.29, 0.717) is 24.0 Å². The van der Waals surface area contributed by atoms with Gasteiger partial charge in [-0.1, -0.05) is 20.4 Å². The molecule has 0 aliphatic heterocycles. The van der Waals surface area contributed by atoms with Crippen LogP contribution in [-0.4, -0.2) is 33.2 Å². The van der Waals surface area contributed by atoms with Crippen molar-refractivity contribution in [2.45, 2.75) is 20.0 Å². The topological polar surface area (TPSA) is 73.8 Å². The second-order valence-electron chi connectivity index (χ2n) is 5.81. The van der Waals surface area contributed by atoms with Crippen LogP contribution in [0.2, 0.25) is 0 Å². The van der Waals surface area contributed by atoms with Crippen LogP contribution in [0.4, 0.5) is 13.2 Å². The molecule has 120 valence electrons. The van der Waals surface area contributed by atoms with Gasteiger partial charge >= 0.3 is 6.18 Å². The summed E-state index contributed by atoms with van der Waals surface area (Å²) in [6, 6.07) is 0. The molecule has 0 saturated carbocycles. The van der Waals surface area contributed by atoms with E-state index in [0.717, 1.165) is 0 Å². The maximum Gasteiger partial charge on any atom is 0.434 e. The number of rotatable bonds is 5. The number of hydrogen-bond donors (Lipinski definition) is 3. The van der Waals surface area contributed by atoms with E-state index in [1.807, 2.05) is 13.8 Å². The molecule has 0 aliphatic carbocycles. The van der Waals surface area contributed by atoms with Gasteiger partial charge in [-0.15, -0.1) is 0 Å². The van der Waals surface area contributed by atoms with Gasteiger partial charge in [0.2, 0.25) is 0 Å². The molecule has 2 aromatic heterocycles. The highest BCUT2D eigenvalue weighted by molar-refractivity contribution is 5.86. The third kappa shape index (κ3) is 3.38. The van der Waals surface area contributed by atoms with E-state index in [1.54, 1.807) is 0 Å². The third-order valence-corrected chi connectivity index (χ3v) is 3.20. The van der Waals surface area contributed by atoms with E-state index in [2.05, 4.69) is 26.8 Å². The molecule has 0 radical (unpaired) electrons. The molecule has 0 spiro atoms. The lowest BCUT2D eigenvalue weighted by molar-refractivity contribution is -0.141. The van der Waals surface area contributed by atoms with Crippen molar-refractivity contribution >= 4 is 16.9 Å². The smallest absolute Gasteiger partial charge is 0.396 e. The number of fused-ring (bicyclic) bond motifs is 1. The number of aliphatic hydroxyl groups is 1. The number of halogens is 3. The number of aromatic nitrogens is 3. The molecule has 8 heteroatoms. The summed E-state index contributed by atoms with van der Waals surface area (Å²) in [6.45, 7) is 7.91. The number of alkyl halides is 3. The van der Waals surface area contributed by atoms with Crippen molar-refractivity contribution in [1.29, 1.82) is 0 Å². The average Bonchev–Trinajstić information content (AvgIpc) is 2.87. The normalized spacial score (nSPS) is 12.6. The van der Waals surface area contributed by atoms with Gasteiger partial charge < -0.3 is 15.4 Å². The van der Waals surface area contributed by atoms with Gasteiger partial charge in [0.25, 0.3) is 0 Å². The summed E-state index contributed by atoms with van der Waals surface area (Å²) < 4.78 is 38.2. The second-order valence-corrected chi connectivity index (χ2v) is 5.81. The molecule has 0 atom stereocenters. The van der Waals surface area contributed by atoms with Crippen molar-refractivity contribution in [2.75, 3.05) is 13.2 Å². The lowest BCUT2D eigenvalue weighted by Crippen LogP contribution is -2.31. The third-order valence-electron chi connectivity index (χ3n) is 3.20. The lowest BCUT2D eigenvalue weighted by Gasteiger charge is -2.23. The van der Waals surface area contributed by atoms with E-state index < -0.39 is 11.9 Å². The van der Waals surface area contributed by atoms with Crippen LogP contribution in [0.25, 0.3) is 16.9 Å². The molecule has 0 aliphatic rings. The zero-order valence-electron chi connectivity index (χ0n) is 12.3. The molecule has 2 rings (SSSR count). The highest BCUT2D eigenvalue weighted by atomic mass is 19.4.